The smallest absolute Gasteiger partial charge is 0.243 e. The van der Waals surface area contributed by atoms with Gasteiger partial charge in [-0.05, 0) is 24.3 Å². The van der Waals surface area contributed by atoms with E-state index in [1.807, 2.05) is 0 Å². The number of fused-ring (bicyclic) bond motifs is 1. The Morgan fingerprint density at radius 2 is 2.08 bits per heavy atom. The Bertz CT molecular complexity index is 871. The normalized spacial score (nSPS) is 16.8. The van der Waals surface area contributed by atoms with Gasteiger partial charge < -0.3 is 10.2 Å². The molecule has 0 saturated heterocycles. The summed E-state index contributed by atoms with van der Waals surface area (Å²) in [6.07, 6.45) is -1.11. The highest BCUT2D eigenvalue weighted by Crippen LogP contribution is 2.26. The molecule has 3 rings (SSSR count). The average molecular weight is 376 g/mol. The van der Waals surface area contributed by atoms with Crippen molar-refractivity contribution in [2.24, 2.45) is 0 Å². The lowest BCUT2D eigenvalue weighted by Crippen LogP contribution is -2.38. The van der Waals surface area contributed by atoms with E-state index < -0.39 is 28.6 Å². The van der Waals surface area contributed by atoms with Crippen molar-refractivity contribution in [3.63, 3.8) is 0 Å². The third kappa shape index (κ3) is 3.05. The van der Waals surface area contributed by atoms with Gasteiger partial charge in [0.25, 0.3) is 0 Å². The van der Waals surface area contributed by atoms with E-state index in [4.69, 9.17) is 16.7 Å². The molecule has 1 atom stereocenters. The molecule has 0 amide bonds. The van der Waals surface area contributed by atoms with Crippen LogP contribution in [-0.2, 0) is 23.1 Å². The second-order valence-corrected chi connectivity index (χ2v) is 7.74. The standard InChI is InChI=1S/C14H15ClFN3O4S/c15-11-6-10(1-2-12(11)16)24(22,23)18-3-4-19-9(7-18)5-13(17-19)14(21)8-20/h1-2,5-6,14,20-21H,3-4,7-8H2. The molecule has 24 heavy (non-hydrogen) atoms. The molecule has 1 aliphatic heterocycles. The fourth-order valence-corrected chi connectivity index (χ4v) is 4.19. The van der Waals surface area contributed by atoms with E-state index in [1.165, 1.54) is 10.4 Å². The third-order valence-electron chi connectivity index (χ3n) is 3.82. The summed E-state index contributed by atoms with van der Waals surface area (Å²) in [5.74, 6) is -0.685. The first-order chi connectivity index (χ1) is 11.3. The molecule has 1 aromatic heterocycles. The van der Waals surface area contributed by atoms with E-state index in [9.17, 15) is 17.9 Å². The van der Waals surface area contributed by atoms with E-state index in [2.05, 4.69) is 5.10 Å². The van der Waals surface area contributed by atoms with Crippen molar-refractivity contribution in [1.29, 1.82) is 0 Å². The number of aliphatic hydroxyl groups excluding tert-OH is 2. The molecule has 1 aromatic carbocycles. The molecule has 0 radical (unpaired) electrons. The van der Waals surface area contributed by atoms with Crippen molar-refractivity contribution in [3.8, 4) is 0 Å². The lowest BCUT2D eigenvalue weighted by molar-refractivity contribution is 0.0916. The maximum Gasteiger partial charge on any atom is 0.243 e. The minimum atomic E-state index is -3.83. The van der Waals surface area contributed by atoms with Crippen molar-refractivity contribution >= 4 is 21.6 Å². The van der Waals surface area contributed by atoms with Crippen LogP contribution in [0.4, 0.5) is 4.39 Å². The number of benzene rings is 1. The number of rotatable bonds is 4. The van der Waals surface area contributed by atoms with Gasteiger partial charge in [-0.25, -0.2) is 12.8 Å². The van der Waals surface area contributed by atoms with Gasteiger partial charge in [-0.2, -0.15) is 9.40 Å². The zero-order valence-corrected chi connectivity index (χ0v) is 14.0. The van der Waals surface area contributed by atoms with Crippen LogP contribution >= 0.6 is 11.6 Å². The Morgan fingerprint density at radius 3 is 2.75 bits per heavy atom. The van der Waals surface area contributed by atoms with Crippen LogP contribution in [-0.4, -0.2) is 45.9 Å². The van der Waals surface area contributed by atoms with Gasteiger partial charge in [0.05, 0.1) is 41.0 Å². The Morgan fingerprint density at radius 1 is 1.33 bits per heavy atom. The predicted molar refractivity (Wildman–Crippen MR) is 83.3 cm³/mol. The van der Waals surface area contributed by atoms with Crippen molar-refractivity contribution in [2.75, 3.05) is 13.2 Å². The summed E-state index contributed by atoms with van der Waals surface area (Å²) >= 11 is 5.67. The van der Waals surface area contributed by atoms with E-state index in [0.29, 0.717) is 12.2 Å². The predicted octanol–water partition coefficient (Wildman–Crippen LogP) is 0.906. The van der Waals surface area contributed by atoms with E-state index in [-0.39, 0.29) is 28.7 Å². The highest BCUT2D eigenvalue weighted by molar-refractivity contribution is 7.89. The number of sulfonamides is 1. The molecule has 0 spiro atoms. The molecule has 2 heterocycles. The van der Waals surface area contributed by atoms with E-state index in [0.717, 1.165) is 12.1 Å². The molecular formula is C14H15ClFN3O4S. The van der Waals surface area contributed by atoms with Crippen LogP contribution in [0.2, 0.25) is 5.02 Å². The van der Waals surface area contributed by atoms with Crippen LogP contribution in [0.25, 0.3) is 0 Å². The number of hydrogen-bond acceptors (Lipinski definition) is 5. The Labute approximate surface area is 142 Å². The molecular weight excluding hydrogens is 361 g/mol. The molecule has 1 aliphatic rings. The molecule has 10 heteroatoms. The third-order valence-corrected chi connectivity index (χ3v) is 5.96. The maximum absolute atomic E-state index is 13.2. The Kier molecular flexibility index (Phi) is 4.63. The summed E-state index contributed by atoms with van der Waals surface area (Å²) in [6.45, 7) is 0.0807. The number of hydrogen-bond donors (Lipinski definition) is 2. The highest BCUT2D eigenvalue weighted by atomic mass is 35.5. The quantitative estimate of drug-likeness (QED) is 0.828. The summed E-state index contributed by atoms with van der Waals surface area (Å²) < 4.78 is 41.4. The first-order valence-corrected chi connectivity index (χ1v) is 8.95. The Hall–Kier alpha value is -1.52. The van der Waals surface area contributed by atoms with Gasteiger partial charge in [0.1, 0.15) is 11.9 Å². The first-order valence-electron chi connectivity index (χ1n) is 7.13. The van der Waals surface area contributed by atoms with Gasteiger partial charge >= 0.3 is 0 Å². The largest absolute Gasteiger partial charge is 0.393 e. The van der Waals surface area contributed by atoms with E-state index in [1.54, 1.807) is 10.7 Å². The zero-order valence-electron chi connectivity index (χ0n) is 12.4. The van der Waals surface area contributed by atoms with Crippen molar-refractivity contribution in [3.05, 3.63) is 46.5 Å². The summed E-state index contributed by atoms with van der Waals surface area (Å²) in [5.41, 5.74) is 0.886. The van der Waals surface area contributed by atoms with Gasteiger partial charge in [0, 0.05) is 6.54 Å². The lowest BCUT2D eigenvalue weighted by atomic mass is 10.2. The fraction of sp³-hybridized carbons (Fsp3) is 0.357. The average Bonchev–Trinajstić information content (AvgIpc) is 2.99. The summed E-state index contributed by atoms with van der Waals surface area (Å²) in [7, 11) is -3.83. The van der Waals surface area contributed by atoms with Gasteiger partial charge in [0.15, 0.2) is 0 Å². The van der Waals surface area contributed by atoms with Crippen LogP contribution in [0, 0.1) is 5.82 Å². The minimum Gasteiger partial charge on any atom is -0.393 e. The maximum atomic E-state index is 13.2. The van der Waals surface area contributed by atoms with Gasteiger partial charge in [0.2, 0.25) is 10.0 Å². The first kappa shape index (κ1) is 17.3. The molecule has 0 aliphatic carbocycles. The lowest BCUT2D eigenvalue weighted by Gasteiger charge is -2.27. The van der Waals surface area contributed by atoms with Crippen LogP contribution in [0.1, 0.15) is 17.5 Å². The number of nitrogens with zero attached hydrogens (tertiary/aromatic N) is 3. The molecule has 130 valence electrons. The van der Waals surface area contributed by atoms with Crippen LogP contribution < -0.4 is 0 Å². The summed E-state index contributed by atoms with van der Waals surface area (Å²) in [6, 6.07) is 4.82. The van der Waals surface area contributed by atoms with Gasteiger partial charge in [-0.1, -0.05) is 11.6 Å². The van der Waals surface area contributed by atoms with Crippen molar-refractivity contribution in [2.45, 2.75) is 24.1 Å². The SMILES string of the molecule is O=S(=O)(c1ccc(F)c(Cl)c1)N1CCn2nc(C(O)CO)cc2C1. The van der Waals surface area contributed by atoms with Crippen LogP contribution in [0.3, 0.4) is 0 Å². The number of aromatic nitrogens is 2. The van der Waals surface area contributed by atoms with Gasteiger partial charge in [-0.15, -0.1) is 0 Å². The minimum absolute atomic E-state index is 0.0580. The molecule has 2 N–H and O–H groups in total. The summed E-state index contributed by atoms with van der Waals surface area (Å²) in [5, 5.41) is 22.5. The molecule has 7 nitrogen and oxygen atoms in total. The summed E-state index contributed by atoms with van der Waals surface area (Å²) in [4.78, 5) is -0.0857. The second-order valence-electron chi connectivity index (χ2n) is 5.40. The van der Waals surface area contributed by atoms with Crippen molar-refractivity contribution < 1.29 is 23.0 Å². The van der Waals surface area contributed by atoms with Crippen molar-refractivity contribution in [1.82, 2.24) is 14.1 Å². The topological polar surface area (TPSA) is 95.7 Å². The monoisotopic (exact) mass is 375 g/mol. The van der Waals surface area contributed by atoms with Crippen LogP contribution in [0.5, 0.6) is 0 Å². The molecule has 1 unspecified atom stereocenters. The van der Waals surface area contributed by atoms with Gasteiger partial charge in [-0.3, -0.25) is 4.68 Å². The van der Waals surface area contributed by atoms with E-state index >= 15 is 0 Å². The molecule has 0 bridgehead atoms. The highest BCUT2D eigenvalue weighted by Gasteiger charge is 2.30. The number of halogens is 2. The fourth-order valence-electron chi connectivity index (χ4n) is 2.51. The molecule has 0 fully saturated rings. The molecule has 0 saturated carbocycles. The Balaban J connectivity index is 1.88. The second kappa shape index (κ2) is 6.41. The molecule has 2 aromatic rings. The number of aliphatic hydroxyl groups is 2. The van der Waals surface area contributed by atoms with Crippen LogP contribution in [0.15, 0.2) is 29.2 Å². The zero-order chi connectivity index (χ0) is 17.5.